The van der Waals surface area contributed by atoms with Crippen LogP contribution in [0.15, 0.2) is 12.4 Å². The molecule has 1 unspecified atom stereocenters. The Morgan fingerprint density at radius 3 is 1.54 bits per heavy atom. The van der Waals surface area contributed by atoms with Crippen molar-refractivity contribution in [1.29, 1.82) is 0 Å². The van der Waals surface area contributed by atoms with Gasteiger partial charge in [-0.3, -0.25) is 0 Å². The van der Waals surface area contributed by atoms with E-state index < -0.39 is 0 Å². The molecule has 0 aliphatic carbocycles. The van der Waals surface area contributed by atoms with Gasteiger partial charge in [0.1, 0.15) is 6.20 Å². The van der Waals surface area contributed by atoms with Gasteiger partial charge in [0, 0.05) is 6.54 Å². The zero-order chi connectivity index (χ0) is 20.3. The van der Waals surface area contributed by atoms with Crippen LogP contribution in [0.2, 0.25) is 0 Å². The van der Waals surface area contributed by atoms with Gasteiger partial charge in [-0.1, -0.05) is 117 Å². The maximum atomic E-state index is 3.89. The minimum atomic E-state index is 0.930. The summed E-state index contributed by atoms with van der Waals surface area (Å²) in [5.74, 6) is 0. The lowest BCUT2D eigenvalue weighted by molar-refractivity contribution is -0.727. The Hall–Kier alpha value is -0.0200. The smallest absolute Gasteiger partial charge is 0.234 e. The highest BCUT2D eigenvalue weighted by Gasteiger charge is 2.29. The lowest BCUT2D eigenvalue weighted by Crippen LogP contribution is -2.36. The van der Waals surface area contributed by atoms with Gasteiger partial charge in [-0.05, 0) is 12.8 Å². The lowest BCUT2D eigenvalue weighted by atomic mass is 10.0. The number of halogens is 1. The van der Waals surface area contributed by atoms with E-state index in [2.05, 4.69) is 47.3 Å². The molecule has 0 spiro atoms. The molecular formula is C25H50BrN2+. The van der Waals surface area contributed by atoms with Crippen molar-refractivity contribution in [2.45, 2.75) is 129 Å². The fourth-order valence-electron chi connectivity index (χ4n) is 4.18. The first-order valence-corrected chi connectivity index (χ1v) is 13.4. The van der Waals surface area contributed by atoms with Crippen LogP contribution in [0.3, 0.4) is 0 Å². The van der Waals surface area contributed by atoms with Crippen LogP contribution in [0, 0.1) is 0 Å². The van der Waals surface area contributed by atoms with Crippen molar-refractivity contribution in [3.05, 3.63) is 12.4 Å². The summed E-state index contributed by atoms with van der Waals surface area (Å²) in [6.07, 6.45) is 30.3. The van der Waals surface area contributed by atoms with E-state index in [9.17, 15) is 0 Å². The SMILES string of the molecule is CCCCCCCCCCCCCCCCCCN1C=C[N+](Br)(CCCC)C1. The molecule has 1 atom stereocenters. The molecule has 0 fully saturated rings. The van der Waals surface area contributed by atoms with Gasteiger partial charge in [-0.15, -0.1) is 0 Å². The van der Waals surface area contributed by atoms with Crippen molar-refractivity contribution >= 4 is 16.1 Å². The molecule has 0 bridgehead atoms. The first-order chi connectivity index (χ1) is 13.7. The summed E-state index contributed by atoms with van der Waals surface area (Å²) in [5.41, 5.74) is 0. The second kappa shape index (κ2) is 17.8. The van der Waals surface area contributed by atoms with E-state index in [-0.39, 0.29) is 0 Å². The highest BCUT2D eigenvalue weighted by atomic mass is 79.9. The maximum absolute atomic E-state index is 3.89. The Balaban J connectivity index is 1.78. The van der Waals surface area contributed by atoms with Gasteiger partial charge in [-0.25, -0.2) is 3.51 Å². The summed E-state index contributed by atoms with van der Waals surface area (Å²) in [7, 11) is 0. The molecule has 0 saturated heterocycles. The van der Waals surface area contributed by atoms with Crippen LogP contribution in [0.4, 0.5) is 0 Å². The number of hydrogen-bond acceptors (Lipinski definition) is 1. The Bertz CT molecular complexity index is 372. The second-order valence-electron chi connectivity index (χ2n) is 9.06. The van der Waals surface area contributed by atoms with Crippen LogP contribution in [0.25, 0.3) is 0 Å². The molecule has 0 N–H and O–H groups in total. The third-order valence-electron chi connectivity index (χ3n) is 6.14. The van der Waals surface area contributed by atoms with E-state index in [0.717, 1.165) is 10.2 Å². The predicted octanol–water partition coefficient (Wildman–Crippen LogP) is 8.92. The Kier molecular flexibility index (Phi) is 16.5. The van der Waals surface area contributed by atoms with E-state index >= 15 is 0 Å². The zero-order valence-corrected chi connectivity index (χ0v) is 20.9. The number of hydrogen-bond donors (Lipinski definition) is 0. The Morgan fingerprint density at radius 2 is 1.07 bits per heavy atom. The largest absolute Gasteiger partial charge is 0.325 e. The second-order valence-corrected chi connectivity index (χ2v) is 10.5. The number of unbranched alkanes of at least 4 members (excludes halogenated alkanes) is 16. The Labute approximate surface area is 186 Å². The average molecular weight is 459 g/mol. The average Bonchev–Trinajstić information content (AvgIpc) is 3.07. The summed E-state index contributed by atoms with van der Waals surface area (Å²) in [6.45, 7) is 8.12. The van der Waals surface area contributed by atoms with Crippen molar-refractivity contribution < 1.29 is 3.51 Å². The van der Waals surface area contributed by atoms with Crippen molar-refractivity contribution in [2.75, 3.05) is 19.8 Å². The molecule has 166 valence electrons. The number of nitrogens with zero attached hydrogens (tertiary/aromatic N) is 2. The molecule has 2 nitrogen and oxygen atoms in total. The summed E-state index contributed by atoms with van der Waals surface area (Å²) >= 11 is 3.89. The minimum Gasteiger partial charge on any atom is -0.325 e. The molecule has 0 amide bonds. The van der Waals surface area contributed by atoms with E-state index in [1.807, 2.05) is 0 Å². The van der Waals surface area contributed by atoms with Crippen LogP contribution in [-0.2, 0) is 0 Å². The normalized spacial score (nSPS) is 19.0. The molecule has 1 heterocycles. The molecule has 28 heavy (non-hydrogen) atoms. The molecule has 0 aromatic heterocycles. The van der Waals surface area contributed by atoms with Crippen LogP contribution in [0.5, 0.6) is 0 Å². The van der Waals surface area contributed by atoms with Crippen molar-refractivity contribution in [3.8, 4) is 0 Å². The van der Waals surface area contributed by atoms with E-state index in [1.54, 1.807) is 0 Å². The molecule has 1 rings (SSSR count). The summed E-state index contributed by atoms with van der Waals surface area (Å²) in [4.78, 5) is 2.49. The fourth-order valence-corrected chi connectivity index (χ4v) is 4.83. The van der Waals surface area contributed by atoms with Crippen LogP contribution in [-0.4, -0.2) is 28.2 Å². The molecule has 1 aliphatic heterocycles. The first-order valence-electron chi connectivity index (χ1n) is 12.7. The van der Waals surface area contributed by atoms with Crippen LogP contribution in [0.1, 0.15) is 129 Å². The topological polar surface area (TPSA) is 3.24 Å². The summed E-state index contributed by atoms with van der Waals surface area (Å²) in [5, 5.41) is 0. The quantitative estimate of drug-likeness (QED) is 0.130. The fraction of sp³-hybridized carbons (Fsp3) is 0.920. The zero-order valence-electron chi connectivity index (χ0n) is 19.3. The monoisotopic (exact) mass is 457 g/mol. The molecule has 1 aliphatic rings. The van der Waals surface area contributed by atoms with Crippen LogP contribution >= 0.6 is 16.1 Å². The minimum absolute atomic E-state index is 0.930. The molecule has 0 radical (unpaired) electrons. The number of quaternary nitrogens is 1. The highest BCUT2D eigenvalue weighted by Crippen LogP contribution is 2.25. The summed E-state index contributed by atoms with van der Waals surface area (Å²) < 4.78 is 0.930. The Morgan fingerprint density at radius 1 is 0.643 bits per heavy atom. The van der Waals surface area contributed by atoms with Crippen LogP contribution < -0.4 is 0 Å². The van der Waals surface area contributed by atoms with Gasteiger partial charge in [0.15, 0.2) is 6.67 Å². The van der Waals surface area contributed by atoms with Gasteiger partial charge in [0.25, 0.3) is 0 Å². The lowest BCUT2D eigenvalue weighted by Gasteiger charge is -2.24. The van der Waals surface area contributed by atoms with Gasteiger partial charge < -0.3 is 4.90 Å². The third-order valence-corrected chi connectivity index (χ3v) is 6.96. The van der Waals surface area contributed by atoms with Gasteiger partial charge in [0.05, 0.1) is 12.7 Å². The van der Waals surface area contributed by atoms with E-state index in [0.29, 0.717) is 0 Å². The van der Waals surface area contributed by atoms with Crippen molar-refractivity contribution in [2.24, 2.45) is 0 Å². The first kappa shape index (κ1) is 26.0. The molecule has 0 aromatic rings. The molecule has 0 saturated carbocycles. The molecular weight excluding hydrogens is 408 g/mol. The van der Waals surface area contributed by atoms with Crippen molar-refractivity contribution in [1.82, 2.24) is 4.90 Å². The molecule has 0 aromatic carbocycles. The van der Waals surface area contributed by atoms with E-state index in [1.165, 1.54) is 129 Å². The predicted molar refractivity (Wildman–Crippen MR) is 129 cm³/mol. The van der Waals surface area contributed by atoms with Gasteiger partial charge in [-0.2, -0.15) is 0 Å². The molecule has 3 heteroatoms. The summed E-state index contributed by atoms with van der Waals surface area (Å²) in [6, 6.07) is 0. The van der Waals surface area contributed by atoms with Gasteiger partial charge in [0.2, 0.25) is 16.1 Å². The maximum Gasteiger partial charge on any atom is 0.234 e. The van der Waals surface area contributed by atoms with Gasteiger partial charge >= 0.3 is 0 Å². The number of rotatable bonds is 20. The van der Waals surface area contributed by atoms with Crippen molar-refractivity contribution in [3.63, 3.8) is 0 Å². The highest BCUT2D eigenvalue weighted by molar-refractivity contribution is 9.05. The standard InChI is InChI=1S/C25H50BrN2/c1-3-5-7-8-9-10-11-12-13-14-15-16-17-18-19-20-21-27-22-24-28(26,25-27)23-6-4-2/h22,24H,3-21,23,25H2,1-2H3/q+1. The third kappa shape index (κ3) is 14.0. The van der Waals surface area contributed by atoms with E-state index in [4.69, 9.17) is 0 Å².